The number of benzene rings is 1. The Morgan fingerprint density at radius 2 is 1.59 bits per heavy atom. The zero-order valence-electron chi connectivity index (χ0n) is 17.7. The van der Waals surface area contributed by atoms with Crippen LogP contribution in [0, 0.1) is 17.8 Å². The Morgan fingerprint density at radius 1 is 1.07 bits per heavy atom. The molecule has 162 valence electrons. The molecule has 2 saturated heterocycles. The zero-order valence-corrected chi connectivity index (χ0v) is 20.8. The number of carbonyl (C=O) groups is 1. The average molecular weight is 530 g/mol. The SMILES string of the molecule is CCCN1CCC(C2CCN(C(=O)[C@H](C)Cc3cc(Br)c(O)c(Br)c3)CC2)CC1. The van der Waals surface area contributed by atoms with E-state index in [1.807, 2.05) is 19.1 Å². The fourth-order valence-corrected chi connectivity index (χ4v) is 6.33. The molecule has 0 saturated carbocycles. The van der Waals surface area contributed by atoms with Crippen LogP contribution in [0.3, 0.4) is 0 Å². The summed E-state index contributed by atoms with van der Waals surface area (Å²) in [6.07, 6.45) is 6.92. The zero-order chi connectivity index (χ0) is 21.0. The number of hydrogen-bond acceptors (Lipinski definition) is 3. The van der Waals surface area contributed by atoms with Gasteiger partial charge in [-0.05, 0) is 120 Å². The van der Waals surface area contributed by atoms with Gasteiger partial charge in [-0.3, -0.25) is 4.79 Å². The van der Waals surface area contributed by atoms with Gasteiger partial charge in [0.25, 0.3) is 0 Å². The van der Waals surface area contributed by atoms with Gasteiger partial charge in [0.2, 0.25) is 5.91 Å². The molecule has 1 amide bonds. The number of hydrogen-bond donors (Lipinski definition) is 1. The summed E-state index contributed by atoms with van der Waals surface area (Å²) < 4.78 is 1.32. The van der Waals surface area contributed by atoms with Crippen LogP contribution < -0.4 is 0 Å². The Bertz CT molecular complexity index is 673. The first-order valence-electron chi connectivity index (χ1n) is 11.1. The third-order valence-electron chi connectivity index (χ3n) is 6.73. The summed E-state index contributed by atoms with van der Waals surface area (Å²) in [6, 6.07) is 3.81. The number of piperidine rings is 2. The van der Waals surface area contributed by atoms with E-state index in [1.54, 1.807) is 0 Å². The lowest BCUT2D eigenvalue weighted by Gasteiger charge is -2.40. The number of amides is 1. The molecule has 1 aromatic carbocycles. The van der Waals surface area contributed by atoms with Gasteiger partial charge in [0.15, 0.2) is 0 Å². The van der Waals surface area contributed by atoms with E-state index < -0.39 is 0 Å². The van der Waals surface area contributed by atoms with Gasteiger partial charge in [-0.1, -0.05) is 13.8 Å². The fraction of sp³-hybridized carbons (Fsp3) is 0.696. The molecule has 3 rings (SSSR count). The number of phenolic OH excluding ortho intramolecular Hbond substituents is 1. The Kier molecular flexibility index (Phi) is 8.46. The van der Waals surface area contributed by atoms with Gasteiger partial charge in [0, 0.05) is 19.0 Å². The number of aromatic hydroxyl groups is 1. The fourth-order valence-electron chi connectivity index (χ4n) is 5.04. The second kappa shape index (κ2) is 10.6. The van der Waals surface area contributed by atoms with Gasteiger partial charge in [0.1, 0.15) is 5.75 Å². The first-order chi connectivity index (χ1) is 13.9. The van der Waals surface area contributed by atoms with Crippen LogP contribution in [0.1, 0.15) is 51.5 Å². The van der Waals surface area contributed by atoms with Gasteiger partial charge in [-0.15, -0.1) is 0 Å². The van der Waals surface area contributed by atoms with Gasteiger partial charge < -0.3 is 14.9 Å². The van der Waals surface area contributed by atoms with Crippen molar-refractivity contribution in [2.45, 2.75) is 52.4 Å². The van der Waals surface area contributed by atoms with E-state index in [4.69, 9.17) is 0 Å². The summed E-state index contributed by atoms with van der Waals surface area (Å²) in [4.78, 5) is 17.7. The lowest BCUT2D eigenvalue weighted by molar-refractivity contribution is -0.136. The number of rotatable bonds is 6. The molecule has 6 heteroatoms. The van der Waals surface area contributed by atoms with E-state index in [9.17, 15) is 9.90 Å². The quantitative estimate of drug-likeness (QED) is 0.532. The lowest BCUT2D eigenvalue weighted by Crippen LogP contribution is -2.44. The molecule has 0 aliphatic carbocycles. The molecule has 2 aliphatic rings. The Hall–Kier alpha value is -0.590. The highest BCUT2D eigenvalue weighted by atomic mass is 79.9. The average Bonchev–Trinajstić information content (AvgIpc) is 2.72. The van der Waals surface area contributed by atoms with Crippen LogP contribution in [0.25, 0.3) is 0 Å². The summed E-state index contributed by atoms with van der Waals surface area (Å²) in [5.74, 6) is 2.07. The van der Waals surface area contributed by atoms with Crippen LogP contribution in [0.15, 0.2) is 21.1 Å². The maximum Gasteiger partial charge on any atom is 0.225 e. The predicted molar refractivity (Wildman–Crippen MR) is 125 cm³/mol. The summed E-state index contributed by atoms with van der Waals surface area (Å²) in [5.41, 5.74) is 1.05. The molecule has 0 radical (unpaired) electrons. The molecule has 2 fully saturated rings. The summed E-state index contributed by atoms with van der Waals surface area (Å²) in [6.45, 7) is 9.86. The molecule has 4 nitrogen and oxygen atoms in total. The standard InChI is InChI=1S/C23H34Br2N2O2/c1-3-8-26-9-4-18(5-10-26)19-6-11-27(12-7-19)23(29)16(2)13-17-14-20(24)22(28)21(25)15-17/h14-16,18-19,28H,3-13H2,1-2H3/t16-/m1/s1. The molecule has 0 aromatic heterocycles. The van der Waals surface area contributed by atoms with Crippen molar-refractivity contribution in [2.75, 3.05) is 32.7 Å². The van der Waals surface area contributed by atoms with E-state index >= 15 is 0 Å². The van der Waals surface area contributed by atoms with Crippen LogP contribution in [-0.2, 0) is 11.2 Å². The van der Waals surface area contributed by atoms with Crippen molar-refractivity contribution in [3.8, 4) is 5.75 Å². The minimum atomic E-state index is -0.0489. The van der Waals surface area contributed by atoms with Crippen molar-refractivity contribution in [3.63, 3.8) is 0 Å². The van der Waals surface area contributed by atoms with Gasteiger partial charge >= 0.3 is 0 Å². The summed E-state index contributed by atoms with van der Waals surface area (Å²) in [5, 5.41) is 9.88. The van der Waals surface area contributed by atoms with E-state index in [2.05, 4.69) is 48.6 Å². The second-order valence-corrected chi connectivity index (χ2v) is 10.6. The van der Waals surface area contributed by atoms with Crippen molar-refractivity contribution < 1.29 is 9.90 Å². The number of likely N-dealkylation sites (tertiary alicyclic amines) is 2. The third-order valence-corrected chi connectivity index (χ3v) is 7.94. The Labute approximate surface area is 192 Å². The molecular formula is C23H34Br2N2O2. The van der Waals surface area contributed by atoms with Crippen molar-refractivity contribution in [2.24, 2.45) is 17.8 Å². The van der Waals surface area contributed by atoms with Crippen LogP contribution in [0.2, 0.25) is 0 Å². The van der Waals surface area contributed by atoms with Gasteiger partial charge in [-0.2, -0.15) is 0 Å². The molecule has 0 bridgehead atoms. The minimum absolute atomic E-state index is 0.0489. The molecule has 1 N–H and O–H groups in total. The van der Waals surface area contributed by atoms with E-state index in [0.29, 0.717) is 15.4 Å². The topological polar surface area (TPSA) is 43.8 Å². The first kappa shape index (κ1) is 23.1. The number of phenols is 1. The van der Waals surface area contributed by atoms with E-state index in [0.717, 1.165) is 43.3 Å². The van der Waals surface area contributed by atoms with Crippen molar-refractivity contribution in [3.05, 3.63) is 26.6 Å². The predicted octanol–water partition coefficient (Wildman–Crippen LogP) is 5.46. The van der Waals surface area contributed by atoms with Crippen molar-refractivity contribution in [1.82, 2.24) is 9.80 Å². The van der Waals surface area contributed by atoms with Crippen LogP contribution in [-0.4, -0.2) is 53.5 Å². The maximum absolute atomic E-state index is 13.0. The number of nitrogens with zero attached hydrogens (tertiary/aromatic N) is 2. The second-order valence-electron chi connectivity index (χ2n) is 8.86. The van der Waals surface area contributed by atoms with Gasteiger partial charge in [0.05, 0.1) is 8.95 Å². The van der Waals surface area contributed by atoms with Crippen molar-refractivity contribution >= 4 is 37.8 Å². The van der Waals surface area contributed by atoms with E-state index in [-0.39, 0.29) is 17.6 Å². The summed E-state index contributed by atoms with van der Waals surface area (Å²) >= 11 is 6.76. The Balaban J connectivity index is 1.47. The highest BCUT2D eigenvalue weighted by Gasteiger charge is 2.31. The molecular weight excluding hydrogens is 496 g/mol. The normalized spacial score (nSPS) is 20.8. The van der Waals surface area contributed by atoms with Crippen LogP contribution in [0.5, 0.6) is 5.75 Å². The molecule has 0 unspecified atom stereocenters. The number of halogens is 2. The molecule has 0 spiro atoms. The van der Waals surface area contributed by atoms with Crippen LogP contribution >= 0.6 is 31.9 Å². The monoisotopic (exact) mass is 528 g/mol. The van der Waals surface area contributed by atoms with Crippen LogP contribution in [0.4, 0.5) is 0 Å². The van der Waals surface area contributed by atoms with E-state index in [1.165, 1.54) is 38.9 Å². The molecule has 1 aromatic rings. The molecule has 1 atom stereocenters. The lowest BCUT2D eigenvalue weighted by atomic mass is 9.78. The smallest absolute Gasteiger partial charge is 0.225 e. The highest BCUT2D eigenvalue weighted by Crippen LogP contribution is 2.35. The molecule has 2 aliphatic heterocycles. The van der Waals surface area contributed by atoms with Crippen molar-refractivity contribution in [1.29, 1.82) is 0 Å². The molecule has 2 heterocycles. The Morgan fingerprint density at radius 3 is 2.10 bits per heavy atom. The maximum atomic E-state index is 13.0. The summed E-state index contributed by atoms with van der Waals surface area (Å²) in [7, 11) is 0. The molecule has 29 heavy (non-hydrogen) atoms. The largest absolute Gasteiger partial charge is 0.506 e. The first-order valence-corrected chi connectivity index (χ1v) is 12.7. The highest BCUT2D eigenvalue weighted by molar-refractivity contribution is 9.11. The van der Waals surface area contributed by atoms with Gasteiger partial charge in [-0.25, -0.2) is 0 Å². The minimum Gasteiger partial charge on any atom is -0.506 e. The number of carbonyl (C=O) groups excluding carboxylic acids is 1. The third kappa shape index (κ3) is 5.98.